The molecule has 2 saturated heterocycles. The molecule has 0 radical (unpaired) electrons. The van der Waals surface area contributed by atoms with Crippen molar-refractivity contribution >= 4 is 11.9 Å². The summed E-state index contributed by atoms with van der Waals surface area (Å²) in [4.78, 5) is 32.7. The SMILES string of the molecule is O=C1CCCN1CCC1CCCCN1C(=O)NCCc1nc(C2CC2)no1. The Bertz CT molecular complexity index is 672. The first-order valence-electron chi connectivity index (χ1n) is 10.4. The van der Waals surface area contributed by atoms with Crippen molar-refractivity contribution in [1.29, 1.82) is 0 Å². The normalized spacial score (nSPS) is 23.1. The van der Waals surface area contributed by atoms with Crippen LogP contribution in [0.4, 0.5) is 4.79 Å². The lowest BCUT2D eigenvalue weighted by atomic mass is 9.99. The number of amides is 3. The Morgan fingerprint density at radius 3 is 2.85 bits per heavy atom. The Balaban J connectivity index is 1.23. The van der Waals surface area contributed by atoms with Crippen molar-refractivity contribution in [2.75, 3.05) is 26.2 Å². The molecular weight excluding hydrogens is 346 g/mol. The summed E-state index contributed by atoms with van der Waals surface area (Å²) in [5.41, 5.74) is 0. The molecule has 1 aliphatic carbocycles. The lowest BCUT2D eigenvalue weighted by molar-refractivity contribution is -0.127. The third-order valence-corrected chi connectivity index (χ3v) is 5.83. The Morgan fingerprint density at radius 1 is 1.19 bits per heavy atom. The summed E-state index contributed by atoms with van der Waals surface area (Å²) in [7, 11) is 0. The molecular formula is C19H29N5O3. The number of nitrogens with zero attached hydrogens (tertiary/aromatic N) is 4. The fourth-order valence-electron chi connectivity index (χ4n) is 4.07. The van der Waals surface area contributed by atoms with Crippen LogP contribution in [-0.4, -0.2) is 64.1 Å². The van der Waals surface area contributed by atoms with Gasteiger partial charge in [-0.15, -0.1) is 0 Å². The molecule has 3 amide bonds. The van der Waals surface area contributed by atoms with Crippen molar-refractivity contribution in [3.8, 4) is 0 Å². The lowest BCUT2D eigenvalue weighted by Gasteiger charge is -2.36. The molecule has 8 heteroatoms. The van der Waals surface area contributed by atoms with Gasteiger partial charge >= 0.3 is 6.03 Å². The van der Waals surface area contributed by atoms with Crippen LogP contribution in [0.5, 0.6) is 0 Å². The second-order valence-electron chi connectivity index (χ2n) is 7.92. The molecule has 8 nitrogen and oxygen atoms in total. The van der Waals surface area contributed by atoms with Gasteiger partial charge in [0, 0.05) is 51.0 Å². The summed E-state index contributed by atoms with van der Waals surface area (Å²) in [5, 5.41) is 7.00. The van der Waals surface area contributed by atoms with E-state index in [-0.39, 0.29) is 18.0 Å². The van der Waals surface area contributed by atoms with Gasteiger partial charge in [-0.2, -0.15) is 4.98 Å². The number of carbonyl (C=O) groups is 2. The number of likely N-dealkylation sites (tertiary alicyclic amines) is 2. The van der Waals surface area contributed by atoms with Gasteiger partial charge < -0.3 is 19.6 Å². The molecule has 3 fully saturated rings. The first-order valence-corrected chi connectivity index (χ1v) is 10.4. The molecule has 0 bridgehead atoms. The van der Waals surface area contributed by atoms with E-state index < -0.39 is 0 Å². The van der Waals surface area contributed by atoms with E-state index >= 15 is 0 Å². The van der Waals surface area contributed by atoms with Crippen molar-refractivity contribution in [2.24, 2.45) is 0 Å². The third kappa shape index (κ3) is 4.59. The molecule has 3 aliphatic rings. The van der Waals surface area contributed by atoms with Crippen LogP contribution in [0, 0.1) is 0 Å². The van der Waals surface area contributed by atoms with Gasteiger partial charge in [0.25, 0.3) is 0 Å². The van der Waals surface area contributed by atoms with Gasteiger partial charge in [0.2, 0.25) is 11.8 Å². The van der Waals surface area contributed by atoms with Gasteiger partial charge in [-0.1, -0.05) is 5.16 Å². The number of nitrogens with one attached hydrogen (secondary N) is 1. The number of piperidine rings is 1. The molecule has 0 spiro atoms. The molecule has 4 rings (SSSR count). The van der Waals surface area contributed by atoms with Crippen LogP contribution < -0.4 is 5.32 Å². The number of aromatic nitrogens is 2. The van der Waals surface area contributed by atoms with Crippen LogP contribution in [0.2, 0.25) is 0 Å². The standard InChI is InChI=1S/C19H29N5O3/c25-17-5-3-11-23(17)13-9-15-4-1-2-12-24(15)19(26)20-10-8-16-21-18(22-27-16)14-6-7-14/h14-15H,1-13H2,(H,20,26). The molecule has 1 N–H and O–H groups in total. The molecule has 1 aromatic rings. The quantitative estimate of drug-likeness (QED) is 0.788. The van der Waals surface area contributed by atoms with Gasteiger partial charge in [-0.25, -0.2) is 4.79 Å². The average molecular weight is 375 g/mol. The molecule has 1 unspecified atom stereocenters. The van der Waals surface area contributed by atoms with Crippen molar-refractivity contribution in [2.45, 2.75) is 69.7 Å². The highest BCUT2D eigenvalue weighted by Gasteiger charge is 2.30. The second kappa shape index (κ2) is 8.27. The van der Waals surface area contributed by atoms with Gasteiger partial charge in [0.1, 0.15) is 0 Å². The second-order valence-corrected chi connectivity index (χ2v) is 7.92. The highest BCUT2D eigenvalue weighted by Crippen LogP contribution is 2.38. The number of rotatable bonds is 7. The highest BCUT2D eigenvalue weighted by molar-refractivity contribution is 5.78. The van der Waals surface area contributed by atoms with E-state index in [9.17, 15) is 9.59 Å². The minimum absolute atomic E-state index is 0.0191. The molecule has 1 atom stereocenters. The van der Waals surface area contributed by atoms with Gasteiger partial charge in [-0.3, -0.25) is 4.79 Å². The Hall–Kier alpha value is -2.12. The van der Waals surface area contributed by atoms with Gasteiger partial charge in [-0.05, 0) is 44.9 Å². The maximum absolute atomic E-state index is 12.7. The van der Waals surface area contributed by atoms with Crippen LogP contribution >= 0.6 is 0 Å². The largest absolute Gasteiger partial charge is 0.343 e. The number of carbonyl (C=O) groups excluding carboxylic acids is 2. The Labute approximate surface area is 159 Å². The fourth-order valence-corrected chi connectivity index (χ4v) is 4.07. The molecule has 2 aliphatic heterocycles. The van der Waals surface area contributed by atoms with Crippen molar-refractivity contribution in [3.05, 3.63) is 11.7 Å². The molecule has 27 heavy (non-hydrogen) atoms. The average Bonchev–Trinajstić information content (AvgIpc) is 3.29. The highest BCUT2D eigenvalue weighted by atomic mass is 16.5. The van der Waals surface area contributed by atoms with Gasteiger partial charge in [0.05, 0.1) is 0 Å². The van der Waals surface area contributed by atoms with Crippen LogP contribution in [0.25, 0.3) is 0 Å². The zero-order valence-corrected chi connectivity index (χ0v) is 15.9. The maximum atomic E-state index is 12.7. The monoisotopic (exact) mass is 375 g/mol. The Kier molecular flexibility index (Phi) is 5.59. The van der Waals surface area contributed by atoms with Crippen molar-refractivity contribution in [3.63, 3.8) is 0 Å². The van der Waals surface area contributed by atoms with Crippen LogP contribution in [0.15, 0.2) is 4.52 Å². The third-order valence-electron chi connectivity index (χ3n) is 5.83. The summed E-state index contributed by atoms with van der Waals surface area (Å²) < 4.78 is 5.26. The van der Waals surface area contributed by atoms with Crippen LogP contribution in [0.1, 0.15) is 69.0 Å². The van der Waals surface area contributed by atoms with E-state index in [1.54, 1.807) is 0 Å². The molecule has 3 heterocycles. The summed E-state index contributed by atoms with van der Waals surface area (Å²) in [6.07, 6.45) is 8.57. The molecule has 1 saturated carbocycles. The minimum Gasteiger partial charge on any atom is -0.343 e. The maximum Gasteiger partial charge on any atom is 0.317 e. The van der Waals surface area contributed by atoms with Crippen molar-refractivity contribution in [1.82, 2.24) is 25.3 Å². The van der Waals surface area contributed by atoms with Gasteiger partial charge in [0.15, 0.2) is 5.82 Å². The van der Waals surface area contributed by atoms with E-state index in [1.165, 1.54) is 0 Å². The number of hydrogen-bond donors (Lipinski definition) is 1. The molecule has 148 valence electrons. The predicted molar refractivity (Wildman–Crippen MR) is 98.2 cm³/mol. The van der Waals surface area contributed by atoms with E-state index in [4.69, 9.17) is 4.52 Å². The zero-order chi connectivity index (χ0) is 18.6. The summed E-state index contributed by atoms with van der Waals surface area (Å²) >= 11 is 0. The summed E-state index contributed by atoms with van der Waals surface area (Å²) in [5.74, 6) is 2.14. The first-order chi connectivity index (χ1) is 13.2. The predicted octanol–water partition coefficient (Wildman–Crippen LogP) is 2.07. The van der Waals surface area contributed by atoms with Crippen molar-refractivity contribution < 1.29 is 14.1 Å². The Morgan fingerprint density at radius 2 is 2.07 bits per heavy atom. The summed E-state index contributed by atoms with van der Waals surface area (Å²) in [6.45, 7) is 2.92. The zero-order valence-electron chi connectivity index (χ0n) is 15.9. The lowest BCUT2D eigenvalue weighted by Crippen LogP contribution is -2.50. The van der Waals surface area contributed by atoms with E-state index in [0.29, 0.717) is 31.2 Å². The molecule has 0 aromatic carbocycles. The van der Waals surface area contributed by atoms with E-state index in [0.717, 1.165) is 70.4 Å². The summed E-state index contributed by atoms with van der Waals surface area (Å²) in [6, 6.07) is 0.200. The van der Waals surface area contributed by atoms with Crippen LogP contribution in [0.3, 0.4) is 0 Å². The first kappa shape index (κ1) is 18.3. The topological polar surface area (TPSA) is 91.6 Å². The fraction of sp³-hybridized carbons (Fsp3) is 0.789. The smallest absolute Gasteiger partial charge is 0.317 e. The van der Waals surface area contributed by atoms with Crippen LogP contribution in [-0.2, 0) is 11.2 Å². The number of hydrogen-bond acceptors (Lipinski definition) is 5. The minimum atomic E-state index is -0.0191. The van der Waals surface area contributed by atoms with E-state index in [2.05, 4.69) is 15.5 Å². The van der Waals surface area contributed by atoms with E-state index in [1.807, 2.05) is 9.80 Å². The molecule has 1 aromatic heterocycles. The number of urea groups is 1.